The summed E-state index contributed by atoms with van der Waals surface area (Å²) in [5.41, 5.74) is 1.66. The minimum absolute atomic E-state index is 0.00316. The van der Waals surface area contributed by atoms with Crippen LogP contribution in [0.1, 0.15) is 40.2 Å². The van der Waals surface area contributed by atoms with E-state index in [4.69, 9.17) is 4.74 Å². The first-order valence-electron chi connectivity index (χ1n) is 10.5. The third-order valence-corrected chi connectivity index (χ3v) is 5.70. The highest BCUT2D eigenvalue weighted by molar-refractivity contribution is 5.87. The van der Waals surface area contributed by atoms with Crippen LogP contribution in [0.25, 0.3) is 0 Å². The summed E-state index contributed by atoms with van der Waals surface area (Å²) in [6, 6.07) is 6.63. The van der Waals surface area contributed by atoms with E-state index in [2.05, 4.69) is 16.5 Å². The summed E-state index contributed by atoms with van der Waals surface area (Å²) in [5, 5.41) is 9.21. The molecule has 0 bridgehead atoms. The number of benzene rings is 1. The number of hydrogen-bond acceptors (Lipinski definition) is 5. The number of carbonyl (C=O) groups is 2. The molecule has 2 heterocycles. The molecule has 1 aromatic carbocycles. The molecule has 1 N–H and O–H groups in total. The molecule has 0 saturated carbocycles. The number of amides is 1. The zero-order valence-electron chi connectivity index (χ0n) is 18.5. The van der Waals surface area contributed by atoms with Gasteiger partial charge in [-0.25, -0.2) is 14.2 Å². The Morgan fingerprint density at radius 2 is 2.06 bits per heavy atom. The van der Waals surface area contributed by atoms with Crippen LogP contribution in [-0.4, -0.2) is 64.0 Å². The van der Waals surface area contributed by atoms with E-state index in [0.29, 0.717) is 48.6 Å². The second-order valence-electron chi connectivity index (χ2n) is 8.10. The summed E-state index contributed by atoms with van der Waals surface area (Å²) in [6.45, 7) is 11.2. The smallest absolute Gasteiger partial charge is 0.354 e. The van der Waals surface area contributed by atoms with E-state index in [9.17, 15) is 19.1 Å². The average molecular weight is 442 g/mol. The van der Waals surface area contributed by atoms with E-state index in [1.807, 2.05) is 13.0 Å². The number of ether oxygens (including phenoxy) is 1. The number of carboxylic acid groups (broad SMARTS) is 1. The predicted octanol–water partition coefficient (Wildman–Crippen LogP) is 3.37. The van der Waals surface area contributed by atoms with Crippen LogP contribution in [0.4, 0.5) is 4.39 Å². The minimum Gasteiger partial charge on any atom is -0.483 e. The Balaban J connectivity index is 1.83. The average Bonchev–Trinajstić information content (AvgIpc) is 2.74. The highest BCUT2D eigenvalue weighted by atomic mass is 19.1. The number of nitrogens with zero attached hydrogens (tertiary/aromatic N) is 3. The number of aromatic carboxylic acids is 1. The Bertz CT molecular complexity index is 1030. The van der Waals surface area contributed by atoms with Gasteiger partial charge in [-0.15, -0.1) is 0 Å². The van der Waals surface area contributed by atoms with Gasteiger partial charge in [-0.2, -0.15) is 0 Å². The molecule has 1 aromatic heterocycles. The zero-order chi connectivity index (χ0) is 23.4. The number of piperazine rings is 1. The van der Waals surface area contributed by atoms with E-state index in [-0.39, 0.29) is 23.5 Å². The lowest BCUT2D eigenvalue weighted by Gasteiger charge is -2.40. The molecule has 1 saturated heterocycles. The van der Waals surface area contributed by atoms with E-state index in [0.717, 1.165) is 0 Å². The first-order chi connectivity index (χ1) is 15.2. The summed E-state index contributed by atoms with van der Waals surface area (Å²) < 4.78 is 20.5. The minimum atomic E-state index is -1.10. The molecule has 170 valence electrons. The number of carboxylic acids is 1. The van der Waals surface area contributed by atoms with E-state index < -0.39 is 12.1 Å². The third kappa shape index (κ3) is 5.31. The topological polar surface area (TPSA) is 83.0 Å². The van der Waals surface area contributed by atoms with Crippen LogP contribution in [0.5, 0.6) is 5.75 Å². The number of pyridine rings is 1. The predicted molar refractivity (Wildman–Crippen MR) is 118 cm³/mol. The van der Waals surface area contributed by atoms with E-state index >= 15 is 0 Å². The Labute approximate surface area is 187 Å². The van der Waals surface area contributed by atoms with Crippen molar-refractivity contribution in [3.63, 3.8) is 0 Å². The summed E-state index contributed by atoms with van der Waals surface area (Å²) in [5.74, 6) is -1.11. The van der Waals surface area contributed by atoms with Crippen molar-refractivity contribution in [2.45, 2.75) is 32.9 Å². The summed E-state index contributed by atoms with van der Waals surface area (Å²) in [4.78, 5) is 31.2. The highest BCUT2D eigenvalue weighted by Crippen LogP contribution is 2.26. The number of carbonyl (C=O) groups excluding carboxylic acids is 1. The fourth-order valence-corrected chi connectivity index (χ4v) is 3.90. The number of hydrogen-bond donors (Lipinski definition) is 1. The second kappa shape index (κ2) is 9.91. The molecule has 8 heteroatoms. The standard InChI is InChI=1S/C24H28FN3O4/c1-5-22(29)28-9-8-27(13-17(28)4)14-21(18-7-6-15(2)20(25)11-18)32-19-10-16(3)23(24(30)31)26-12-19/h5-7,10-12,17,21H,1,8-9,13-14H2,2-4H3,(H,30,31). The van der Waals surface area contributed by atoms with Crippen molar-refractivity contribution in [2.24, 2.45) is 0 Å². The monoisotopic (exact) mass is 441 g/mol. The fraction of sp³-hybridized carbons (Fsp3) is 0.375. The molecule has 1 aliphatic rings. The van der Waals surface area contributed by atoms with Crippen LogP contribution < -0.4 is 4.74 Å². The molecular weight excluding hydrogens is 413 g/mol. The molecule has 0 spiro atoms. The van der Waals surface area contributed by atoms with Crippen molar-refractivity contribution >= 4 is 11.9 Å². The number of halogens is 1. The van der Waals surface area contributed by atoms with Gasteiger partial charge in [-0.1, -0.05) is 18.7 Å². The highest BCUT2D eigenvalue weighted by Gasteiger charge is 2.29. The normalized spacial score (nSPS) is 17.6. The van der Waals surface area contributed by atoms with Crippen LogP contribution in [0, 0.1) is 19.7 Å². The maximum Gasteiger partial charge on any atom is 0.354 e. The van der Waals surface area contributed by atoms with Crippen molar-refractivity contribution in [3.8, 4) is 5.75 Å². The Morgan fingerprint density at radius 3 is 2.66 bits per heavy atom. The Morgan fingerprint density at radius 1 is 1.31 bits per heavy atom. The van der Waals surface area contributed by atoms with Gasteiger partial charge in [0.1, 0.15) is 17.7 Å². The van der Waals surface area contributed by atoms with Crippen LogP contribution in [0.15, 0.2) is 43.1 Å². The second-order valence-corrected chi connectivity index (χ2v) is 8.10. The lowest BCUT2D eigenvalue weighted by atomic mass is 10.0. The molecule has 2 unspecified atom stereocenters. The maximum absolute atomic E-state index is 14.3. The molecule has 2 aromatic rings. The SMILES string of the molecule is C=CC(=O)N1CCN(CC(Oc2cnc(C(=O)O)c(C)c2)c2ccc(C)c(F)c2)CC1C. The van der Waals surface area contributed by atoms with Gasteiger partial charge in [-0.05, 0) is 55.7 Å². The van der Waals surface area contributed by atoms with Crippen molar-refractivity contribution in [1.29, 1.82) is 0 Å². The molecular formula is C24H28FN3O4. The first kappa shape index (κ1) is 23.4. The van der Waals surface area contributed by atoms with E-state index in [1.54, 1.807) is 30.9 Å². The summed E-state index contributed by atoms with van der Waals surface area (Å²) >= 11 is 0. The molecule has 3 rings (SSSR count). The van der Waals surface area contributed by atoms with Gasteiger partial charge in [0.2, 0.25) is 5.91 Å². The van der Waals surface area contributed by atoms with Crippen molar-refractivity contribution in [3.05, 3.63) is 71.3 Å². The zero-order valence-corrected chi connectivity index (χ0v) is 18.5. The molecule has 1 aliphatic heterocycles. The maximum atomic E-state index is 14.3. The molecule has 2 atom stereocenters. The lowest BCUT2D eigenvalue weighted by molar-refractivity contribution is -0.130. The van der Waals surface area contributed by atoms with Crippen LogP contribution >= 0.6 is 0 Å². The summed E-state index contributed by atoms with van der Waals surface area (Å²) in [7, 11) is 0. The van der Waals surface area contributed by atoms with Gasteiger partial charge in [0, 0.05) is 32.2 Å². The van der Waals surface area contributed by atoms with Crippen LogP contribution in [0.3, 0.4) is 0 Å². The van der Waals surface area contributed by atoms with Gasteiger partial charge < -0.3 is 14.7 Å². The molecule has 0 radical (unpaired) electrons. The molecule has 0 aliphatic carbocycles. The number of aromatic nitrogens is 1. The molecule has 1 fully saturated rings. The first-order valence-corrected chi connectivity index (χ1v) is 10.5. The summed E-state index contributed by atoms with van der Waals surface area (Å²) in [6.07, 6.45) is 2.19. The molecule has 1 amide bonds. The third-order valence-electron chi connectivity index (χ3n) is 5.70. The largest absolute Gasteiger partial charge is 0.483 e. The van der Waals surface area contributed by atoms with Crippen molar-refractivity contribution in [2.75, 3.05) is 26.2 Å². The van der Waals surface area contributed by atoms with Crippen molar-refractivity contribution < 1.29 is 23.8 Å². The van der Waals surface area contributed by atoms with Gasteiger partial charge in [0.25, 0.3) is 0 Å². The van der Waals surface area contributed by atoms with Crippen LogP contribution in [-0.2, 0) is 4.79 Å². The van der Waals surface area contributed by atoms with Gasteiger partial charge >= 0.3 is 5.97 Å². The quantitative estimate of drug-likeness (QED) is 0.664. The van der Waals surface area contributed by atoms with Gasteiger partial charge in [0.05, 0.1) is 6.20 Å². The van der Waals surface area contributed by atoms with Crippen molar-refractivity contribution in [1.82, 2.24) is 14.8 Å². The Hall–Kier alpha value is -3.26. The molecule has 7 nitrogen and oxygen atoms in total. The fourth-order valence-electron chi connectivity index (χ4n) is 3.90. The number of rotatable bonds is 7. The Kier molecular flexibility index (Phi) is 7.25. The number of aryl methyl sites for hydroxylation is 2. The lowest BCUT2D eigenvalue weighted by Crippen LogP contribution is -2.54. The van der Waals surface area contributed by atoms with Crippen LogP contribution in [0.2, 0.25) is 0 Å². The van der Waals surface area contributed by atoms with Gasteiger partial charge in [-0.3, -0.25) is 9.69 Å². The van der Waals surface area contributed by atoms with Gasteiger partial charge in [0.15, 0.2) is 5.69 Å². The molecule has 32 heavy (non-hydrogen) atoms. The van der Waals surface area contributed by atoms with E-state index in [1.165, 1.54) is 18.3 Å².